The number of benzene rings is 2. The van der Waals surface area contributed by atoms with Gasteiger partial charge in [0, 0.05) is 19.2 Å². The average Bonchev–Trinajstić information content (AvgIpc) is 3.27. The highest BCUT2D eigenvalue weighted by atomic mass is 32.2. The number of aliphatic imine (C=N–C) groups is 1. The molecule has 0 aromatic heterocycles. The molecule has 8 nitrogen and oxygen atoms in total. The van der Waals surface area contributed by atoms with Gasteiger partial charge in [0.25, 0.3) is 5.91 Å². The Morgan fingerprint density at radius 1 is 1.27 bits per heavy atom. The number of thioether (sulfide) groups is 1. The fourth-order valence-electron chi connectivity index (χ4n) is 3.84. The van der Waals surface area contributed by atoms with Crippen LogP contribution in [0.15, 0.2) is 58.6 Å². The van der Waals surface area contributed by atoms with E-state index in [0.29, 0.717) is 25.3 Å². The number of nitrogens with two attached hydrogens (primary N) is 1. The Labute approximate surface area is 220 Å². The van der Waals surface area contributed by atoms with Crippen LogP contribution >= 0.6 is 11.8 Å². The lowest BCUT2D eigenvalue weighted by molar-refractivity contribution is -0.138. The van der Waals surface area contributed by atoms with Crippen molar-refractivity contribution in [2.24, 2.45) is 21.2 Å². The van der Waals surface area contributed by atoms with Gasteiger partial charge in [-0.15, -0.1) is 4.99 Å². The predicted octanol–water partition coefficient (Wildman–Crippen LogP) is 3.85. The molecule has 1 heterocycles. The van der Waals surface area contributed by atoms with Gasteiger partial charge in [-0.1, -0.05) is 62.9 Å². The molecule has 2 aromatic carbocycles. The number of hydrazone groups is 1. The maximum Gasteiger partial charge on any atom is 0.261 e. The summed E-state index contributed by atoms with van der Waals surface area (Å²) in [4.78, 5) is 16.4. The average molecular weight is 528 g/mol. The number of nitriles is 1. The molecule has 4 N–H and O–H groups in total. The normalized spacial score (nSPS) is 18.7. The number of nitrogens with one attached hydrogen (secondary N) is 2. The Balaban J connectivity index is 2.07. The third-order valence-electron chi connectivity index (χ3n) is 5.97. The first kappa shape index (κ1) is 28.1. The van der Waals surface area contributed by atoms with Crippen LogP contribution in [0.4, 0.5) is 8.78 Å². The van der Waals surface area contributed by atoms with E-state index in [0.717, 1.165) is 23.8 Å². The smallest absolute Gasteiger partial charge is 0.261 e. The summed E-state index contributed by atoms with van der Waals surface area (Å²) in [6.07, 6.45) is 2.64. The minimum atomic E-state index is -1.07. The fourth-order valence-corrected chi connectivity index (χ4v) is 5.27. The molecular weight excluding hydrogens is 496 g/mol. The Kier molecular flexibility index (Phi) is 8.89. The zero-order chi connectivity index (χ0) is 27.2. The SMILES string of the molecule is CNC(=NC#N)NCCCC1(c2ccccc2)SC(c2cc(F)ccc2F)=NN1C(=O)C(N)C(C)(C)C. The summed E-state index contributed by atoms with van der Waals surface area (Å²) in [7, 11) is 1.64. The van der Waals surface area contributed by atoms with Crippen LogP contribution in [0.1, 0.15) is 44.7 Å². The van der Waals surface area contributed by atoms with Crippen molar-refractivity contribution in [2.75, 3.05) is 13.6 Å². The molecule has 11 heteroatoms. The molecule has 0 bridgehead atoms. The molecule has 37 heavy (non-hydrogen) atoms. The Morgan fingerprint density at radius 2 is 1.97 bits per heavy atom. The number of hydrogen-bond donors (Lipinski definition) is 3. The van der Waals surface area contributed by atoms with E-state index in [1.807, 2.05) is 51.1 Å². The van der Waals surface area contributed by atoms with Crippen molar-refractivity contribution in [2.45, 2.75) is 44.5 Å². The van der Waals surface area contributed by atoms with Crippen LogP contribution in [0.25, 0.3) is 0 Å². The van der Waals surface area contributed by atoms with E-state index >= 15 is 0 Å². The standard InChI is InChI=1S/C26H31F2N7OS/c1-25(2,3)21(30)23(36)35-26(17-9-6-5-7-10-17,13-8-14-32-24(31-4)33-16-29)37-22(34-35)19-15-18(27)11-12-20(19)28/h5-7,9-12,15,21H,8,13-14,30H2,1-4H3,(H2,31,32,33). The fraction of sp³-hybridized carbons (Fsp3) is 0.385. The Hall–Kier alpha value is -3.49. The first-order valence-electron chi connectivity index (χ1n) is 11.8. The molecule has 2 atom stereocenters. The maximum atomic E-state index is 14.8. The van der Waals surface area contributed by atoms with Gasteiger partial charge in [0.2, 0.25) is 12.2 Å². The van der Waals surface area contributed by atoms with Crippen LogP contribution in [-0.4, -0.2) is 41.6 Å². The Bertz CT molecular complexity index is 1220. The summed E-state index contributed by atoms with van der Waals surface area (Å²) >= 11 is 1.19. The van der Waals surface area contributed by atoms with Crippen LogP contribution in [0.2, 0.25) is 0 Å². The minimum absolute atomic E-state index is 0.0262. The Morgan fingerprint density at radius 3 is 2.59 bits per heavy atom. The molecule has 1 aliphatic heterocycles. The van der Waals surface area contributed by atoms with Gasteiger partial charge in [-0.05, 0) is 42.0 Å². The van der Waals surface area contributed by atoms with Crippen LogP contribution in [0.3, 0.4) is 0 Å². The molecule has 0 saturated carbocycles. The summed E-state index contributed by atoms with van der Waals surface area (Å²) in [5.74, 6) is -1.36. The van der Waals surface area contributed by atoms with E-state index in [9.17, 15) is 13.6 Å². The second-order valence-electron chi connectivity index (χ2n) is 9.62. The van der Waals surface area contributed by atoms with Crippen molar-refractivity contribution in [1.82, 2.24) is 15.6 Å². The number of rotatable bonds is 7. The third-order valence-corrected chi connectivity index (χ3v) is 7.42. The summed E-state index contributed by atoms with van der Waals surface area (Å²) in [6, 6.07) is 11.6. The maximum absolute atomic E-state index is 14.8. The van der Waals surface area contributed by atoms with E-state index in [1.165, 1.54) is 16.8 Å². The number of amides is 1. The van der Waals surface area contributed by atoms with Gasteiger partial charge in [-0.2, -0.15) is 10.4 Å². The van der Waals surface area contributed by atoms with E-state index < -0.39 is 33.9 Å². The molecule has 0 radical (unpaired) electrons. The van der Waals surface area contributed by atoms with Gasteiger partial charge >= 0.3 is 0 Å². The van der Waals surface area contributed by atoms with Crippen molar-refractivity contribution < 1.29 is 13.6 Å². The van der Waals surface area contributed by atoms with E-state index in [-0.39, 0.29) is 10.6 Å². The minimum Gasteiger partial charge on any atom is -0.359 e. The molecule has 3 rings (SSSR count). The van der Waals surface area contributed by atoms with Crippen LogP contribution < -0.4 is 16.4 Å². The molecule has 0 fully saturated rings. The monoisotopic (exact) mass is 527 g/mol. The van der Waals surface area contributed by atoms with Crippen LogP contribution in [0, 0.1) is 28.5 Å². The van der Waals surface area contributed by atoms with Gasteiger partial charge in [0.05, 0.1) is 6.04 Å². The largest absolute Gasteiger partial charge is 0.359 e. The van der Waals surface area contributed by atoms with E-state index in [2.05, 4.69) is 20.7 Å². The molecular formula is C26H31F2N7OS. The topological polar surface area (TPSA) is 119 Å². The van der Waals surface area contributed by atoms with Gasteiger partial charge < -0.3 is 16.4 Å². The molecule has 1 aliphatic rings. The summed E-state index contributed by atoms with van der Waals surface area (Å²) in [5, 5.41) is 20.8. The molecule has 196 valence electrons. The lowest BCUT2D eigenvalue weighted by Crippen LogP contribution is -2.53. The highest BCUT2D eigenvalue weighted by Crippen LogP contribution is 2.51. The quantitative estimate of drug-likeness (QED) is 0.218. The third kappa shape index (κ3) is 6.26. The molecule has 0 spiro atoms. The van der Waals surface area contributed by atoms with Crippen molar-refractivity contribution in [3.05, 3.63) is 71.3 Å². The summed E-state index contributed by atoms with van der Waals surface area (Å²) in [6.45, 7) is 6.00. The van der Waals surface area contributed by atoms with Crippen molar-refractivity contribution in [1.29, 1.82) is 5.26 Å². The zero-order valence-electron chi connectivity index (χ0n) is 21.3. The zero-order valence-corrected chi connectivity index (χ0v) is 22.1. The number of halogens is 2. The van der Waals surface area contributed by atoms with E-state index in [4.69, 9.17) is 11.0 Å². The van der Waals surface area contributed by atoms with Crippen LogP contribution in [0.5, 0.6) is 0 Å². The van der Waals surface area contributed by atoms with E-state index in [1.54, 1.807) is 13.2 Å². The van der Waals surface area contributed by atoms with Gasteiger partial charge in [0.1, 0.15) is 21.5 Å². The lowest BCUT2D eigenvalue weighted by Gasteiger charge is -2.39. The molecule has 0 aliphatic carbocycles. The highest BCUT2D eigenvalue weighted by Gasteiger charge is 2.50. The van der Waals surface area contributed by atoms with Crippen LogP contribution in [-0.2, 0) is 9.67 Å². The number of carbonyl (C=O) groups is 1. The molecule has 1 amide bonds. The number of nitrogens with zero attached hydrogens (tertiary/aromatic N) is 4. The van der Waals surface area contributed by atoms with Gasteiger partial charge in [-0.3, -0.25) is 4.79 Å². The summed E-state index contributed by atoms with van der Waals surface area (Å²) in [5.41, 5.74) is 6.56. The number of carbonyl (C=O) groups excluding carboxylic acids is 1. The molecule has 2 unspecified atom stereocenters. The second kappa shape index (κ2) is 11.7. The van der Waals surface area contributed by atoms with Crippen molar-refractivity contribution >= 4 is 28.7 Å². The van der Waals surface area contributed by atoms with Gasteiger partial charge in [0.15, 0.2) is 0 Å². The van der Waals surface area contributed by atoms with Crippen molar-refractivity contribution in [3.8, 4) is 6.19 Å². The lowest BCUT2D eigenvalue weighted by atomic mass is 9.86. The summed E-state index contributed by atoms with van der Waals surface area (Å²) < 4.78 is 28.9. The second-order valence-corrected chi connectivity index (χ2v) is 10.9. The predicted molar refractivity (Wildman–Crippen MR) is 142 cm³/mol. The molecule has 0 saturated heterocycles. The first-order valence-corrected chi connectivity index (χ1v) is 12.6. The van der Waals surface area contributed by atoms with Crippen molar-refractivity contribution in [3.63, 3.8) is 0 Å². The molecule has 2 aromatic rings. The first-order chi connectivity index (χ1) is 17.5. The number of guanidine groups is 1. The van der Waals surface area contributed by atoms with Gasteiger partial charge in [-0.25, -0.2) is 13.8 Å². The number of hydrogen-bond acceptors (Lipinski definition) is 6. The highest BCUT2D eigenvalue weighted by molar-refractivity contribution is 8.15.